The summed E-state index contributed by atoms with van der Waals surface area (Å²) in [5.41, 5.74) is 3.54. The first-order valence-electron chi connectivity index (χ1n) is 6.18. The van der Waals surface area contributed by atoms with E-state index in [1.54, 1.807) is 11.3 Å². The van der Waals surface area contributed by atoms with Crippen LogP contribution in [0.5, 0.6) is 0 Å². The third kappa shape index (κ3) is 2.04. The van der Waals surface area contributed by atoms with Crippen molar-refractivity contribution in [1.29, 1.82) is 0 Å². The molecule has 0 saturated heterocycles. The monoisotopic (exact) mass is 257 g/mol. The minimum Gasteiger partial charge on any atom is -0.217 e. The molecule has 18 heavy (non-hydrogen) atoms. The molecule has 3 rings (SSSR count). The van der Waals surface area contributed by atoms with E-state index in [2.05, 4.69) is 41.3 Å². The molecule has 0 aliphatic rings. The second-order valence-corrected chi connectivity index (χ2v) is 5.58. The summed E-state index contributed by atoms with van der Waals surface area (Å²) in [5, 5.41) is 5.42. The van der Waals surface area contributed by atoms with E-state index in [1.165, 1.54) is 12.0 Å². The summed E-state index contributed by atoms with van der Waals surface area (Å²) in [7, 11) is 0. The Morgan fingerprint density at radius 3 is 2.67 bits per heavy atom. The van der Waals surface area contributed by atoms with Crippen LogP contribution in [0.1, 0.15) is 23.9 Å². The van der Waals surface area contributed by atoms with Gasteiger partial charge in [0.15, 0.2) is 0 Å². The molecule has 0 saturated carbocycles. The molecule has 3 nitrogen and oxygen atoms in total. The van der Waals surface area contributed by atoms with Gasteiger partial charge in [0, 0.05) is 5.56 Å². The number of aryl methyl sites for hydroxylation is 2. The highest BCUT2D eigenvalue weighted by Gasteiger charge is 2.07. The van der Waals surface area contributed by atoms with Gasteiger partial charge in [-0.05, 0) is 18.9 Å². The summed E-state index contributed by atoms with van der Waals surface area (Å²) >= 11 is 1.62. The van der Waals surface area contributed by atoms with Crippen molar-refractivity contribution in [2.45, 2.75) is 26.7 Å². The highest BCUT2D eigenvalue weighted by molar-refractivity contribution is 7.16. The maximum absolute atomic E-state index is 4.60. The van der Waals surface area contributed by atoms with Crippen molar-refractivity contribution < 1.29 is 0 Å². The molecule has 2 aromatic heterocycles. The lowest BCUT2D eigenvalue weighted by Crippen LogP contribution is -1.84. The number of rotatable bonds is 3. The summed E-state index contributed by atoms with van der Waals surface area (Å²) < 4.78 is 1.86. The number of hydrogen-bond acceptors (Lipinski definition) is 3. The molecule has 0 atom stereocenters. The van der Waals surface area contributed by atoms with Crippen molar-refractivity contribution in [1.82, 2.24) is 14.6 Å². The molecule has 1 aromatic carbocycles. The first kappa shape index (κ1) is 11.4. The van der Waals surface area contributed by atoms with Crippen molar-refractivity contribution in [2.24, 2.45) is 0 Å². The fourth-order valence-electron chi connectivity index (χ4n) is 2.07. The maximum Gasteiger partial charge on any atom is 0.212 e. The van der Waals surface area contributed by atoms with Crippen LogP contribution in [0.4, 0.5) is 0 Å². The highest BCUT2D eigenvalue weighted by atomic mass is 32.1. The van der Waals surface area contributed by atoms with Crippen LogP contribution in [0.3, 0.4) is 0 Å². The lowest BCUT2D eigenvalue weighted by atomic mass is 10.1. The zero-order valence-corrected chi connectivity index (χ0v) is 11.4. The summed E-state index contributed by atoms with van der Waals surface area (Å²) in [5.74, 6) is 0. The summed E-state index contributed by atoms with van der Waals surface area (Å²) in [6.45, 7) is 4.20. The molecule has 4 heteroatoms. The van der Waals surface area contributed by atoms with Crippen LogP contribution in [-0.4, -0.2) is 14.6 Å². The lowest BCUT2D eigenvalue weighted by Gasteiger charge is -2.00. The van der Waals surface area contributed by atoms with E-state index >= 15 is 0 Å². The number of fused-ring (bicyclic) bond motifs is 1. The normalized spacial score (nSPS) is 11.2. The van der Waals surface area contributed by atoms with E-state index < -0.39 is 0 Å². The Balaban J connectivity index is 1.95. The molecule has 3 aromatic rings. The van der Waals surface area contributed by atoms with Gasteiger partial charge in [0.25, 0.3) is 0 Å². The third-order valence-corrected chi connectivity index (χ3v) is 3.77. The van der Waals surface area contributed by atoms with Crippen LogP contribution < -0.4 is 0 Å². The molecule has 0 fully saturated rings. The van der Waals surface area contributed by atoms with Gasteiger partial charge in [-0.25, -0.2) is 9.50 Å². The quantitative estimate of drug-likeness (QED) is 0.716. The molecule has 2 heterocycles. The second kappa shape index (κ2) is 4.53. The molecule has 0 N–H and O–H groups in total. The zero-order valence-electron chi connectivity index (χ0n) is 10.6. The fraction of sp³-hybridized carbons (Fsp3) is 0.286. The largest absolute Gasteiger partial charge is 0.217 e. The predicted molar refractivity (Wildman–Crippen MR) is 75.0 cm³/mol. The van der Waals surface area contributed by atoms with E-state index in [4.69, 9.17) is 0 Å². The average molecular weight is 257 g/mol. The number of benzene rings is 1. The van der Waals surface area contributed by atoms with Gasteiger partial charge in [-0.3, -0.25) is 0 Å². The van der Waals surface area contributed by atoms with Gasteiger partial charge in [-0.2, -0.15) is 5.10 Å². The van der Waals surface area contributed by atoms with Gasteiger partial charge < -0.3 is 0 Å². The minimum absolute atomic E-state index is 0.958. The van der Waals surface area contributed by atoms with Crippen molar-refractivity contribution in [2.75, 3.05) is 0 Å². The van der Waals surface area contributed by atoms with Crippen molar-refractivity contribution >= 4 is 16.3 Å². The van der Waals surface area contributed by atoms with Crippen LogP contribution in [0.25, 0.3) is 16.2 Å². The summed E-state index contributed by atoms with van der Waals surface area (Å²) in [6, 6.07) is 8.66. The molecular weight excluding hydrogens is 242 g/mol. The SMILES string of the molecule is CCCc1ccc(-c2cn3nc(C)sc3n2)cc1. The Hall–Kier alpha value is -1.68. The minimum atomic E-state index is 0.958. The second-order valence-electron chi connectivity index (χ2n) is 4.42. The van der Waals surface area contributed by atoms with E-state index in [-0.39, 0.29) is 0 Å². The number of nitrogens with zero attached hydrogens (tertiary/aromatic N) is 3. The lowest BCUT2D eigenvalue weighted by molar-refractivity contribution is 0.922. The predicted octanol–water partition coefficient (Wildman–Crippen LogP) is 3.72. The molecule has 0 unspecified atom stereocenters. The number of hydrogen-bond donors (Lipinski definition) is 0. The molecule has 0 aliphatic heterocycles. The summed E-state index contributed by atoms with van der Waals surface area (Å²) in [6.07, 6.45) is 4.32. The van der Waals surface area contributed by atoms with Gasteiger partial charge in [0.2, 0.25) is 4.96 Å². The van der Waals surface area contributed by atoms with Crippen molar-refractivity contribution in [3.63, 3.8) is 0 Å². The van der Waals surface area contributed by atoms with Gasteiger partial charge in [0.05, 0.1) is 11.9 Å². The molecule has 92 valence electrons. The van der Waals surface area contributed by atoms with Crippen LogP contribution >= 0.6 is 11.3 Å². The Morgan fingerprint density at radius 1 is 1.22 bits per heavy atom. The Kier molecular flexibility index (Phi) is 2.88. The maximum atomic E-state index is 4.60. The molecule has 0 radical (unpaired) electrons. The van der Waals surface area contributed by atoms with Crippen LogP contribution in [0, 0.1) is 6.92 Å². The average Bonchev–Trinajstić information content (AvgIpc) is 2.87. The smallest absolute Gasteiger partial charge is 0.212 e. The first-order chi connectivity index (χ1) is 8.76. The molecular formula is C14H15N3S. The fourth-order valence-corrected chi connectivity index (χ4v) is 2.79. The molecule has 0 amide bonds. The third-order valence-electron chi connectivity index (χ3n) is 2.93. The van der Waals surface area contributed by atoms with E-state index in [1.807, 2.05) is 17.6 Å². The highest BCUT2D eigenvalue weighted by Crippen LogP contribution is 2.22. The van der Waals surface area contributed by atoms with Crippen LogP contribution in [0.2, 0.25) is 0 Å². The Labute approximate surface area is 110 Å². The molecule has 0 aliphatic carbocycles. The van der Waals surface area contributed by atoms with Crippen molar-refractivity contribution in [3.05, 3.63) is 41.0 Å². The first-order valence-corrected chi connectivity index (χ1v) is 7.00. The molecule has 0 spiro atoms. The van der Waals surface area contributed by atoms with Gasteiger partial charge in [-0.15, -0.1) is 0 Å². The van der Waals surface area contributed by atoms with E-state index in [9.17, 15) is 0 Å². The zero-order chi connectivity index (χ0) is 12.5. The topological polar surface area (TPSA) is 30.2 Å². The summed E-state index contributed by atoms with van der Waals surface area (Å²) in [4.78, 5) is 5.56. The van der Waals surface area contributed by atoms with E-state index in [0.717, 1.165) is 27.6 Å². The molecule has 0 bridgehead atoms. The Bertz CT molecular complexity index is 632. The van der Waals surface area contributed by atoms with Gasteiger partial charge in [-0.1, -0.05) is 48.9 Å². The standard InChI is InChI=1S/C14H15N3S/c1-3-4-11-5-7-12(8-6-11)13-9-17-14(15-13)18-10(2)16-17/h5-9H,3-4H2,1-2H3. The number of imidazole rings is 1. The van der Waals surface area contributed by atoms with Crippen molar-refractivity contribution in [3.8, 4) is 11.3 Å². The van der Waals surface area contributed by atoms with Gasteiger partial charge >= 0.3 is 0 Å². The van der Waals surface area contributed by atoms with E-state index in [0.29, 0.717) is 0 Å². The van der Waals surface area contributed by atoms with Crippen LogP contribution in [0.15, 0.2) is 30.5 Å². The van der Waals surface area contributed by atoms with Gasteiger partial charge in [0.1, 0.15) is 5.01 Å². The Morgan fingerprint density at radius 2 is 2.00 bits per heavy atom. The van der Waals surface area contributed by atoms with Crippen LogP contribution in [-0.2, 0) is 6.42 Å². The number of aromatic nitrogens is 3.